The van der Waals surface area contributed by atoms with Crippen LogP contribution in [0.3, 0.4) is 0 Å². The maximum absolute atomic E-state index is 12.1. The van der Waals surface area contributed by atoms with Crippen LogP contribution in [0, 0.1) is 5.41 Å². The molecule has 0 bridgehead atoms. The predicted molar refractivity (Wildman–Crippen MR) is 82.1 cm³/mol. The Morgan fingerprint density at radius 1 is 1.33 bits per heavy atom. The van der Waals surface area contributed by atoms with Crippen molar-refractivity contribution >= 4 is 33.4 Å². The Bertz CT molecular complexity index is 645. The average Bonchev–Trinajstić information content (AvgIpc) is 2.79. The molecule has 0 fully saturated rings. The van der Waals surface area contributed by atoms with E-state index in [4.69, 9.17) is 5.11 Å². The Balaban J connectivity index is 2.05. The van der Waals surface area contributed by atoms with E-state index in [1.54, 1.807) is 32.2 Å². The number of carboxylic acid groups (broad SMARTS) is 1. The van der Waals surface area contributed by atoms with Crippen molar-refractivity contribution in [3.05, 3.63) is 29.3 Å². The number of carbonyl (C=O) groups excluding carboxylic acids is 1. The number of aliphatic carboxylic acids is 1. The number of nitrogens with zero attached hydrogens (tertiary/aromatic N) is 2. The zero-order valence-electron chi connectivity index (χ0n) is 12.3. The maximum Gasteiger partial charge on any atom is 0.309 e. The minimum atomic E-state index is -1.06. The largest absolute Gasteiger partial charge is 0.481 e. The minimum Gasteiger partial charge on any atom is -0.481 e. The number of fused-ring (bicyclic) bond motifs is 1. The summed E-state index contributed by atoms with van der Waals surface area (Å²) in [6.45, 7) is 3.51. The molecule has 2 rings (SSSR count). The van der Waals surface area contributed by atoms with Gasteiger partial charge >= 0.3 is 5.97 Å². The fourth-order valence-corrected chi connectivity index (χ4v) is 2.89. The molecule has 6 heteroatoms. The molecule has 1 heterocycles. The van der Waals surface area contributed by atoms with Gasteiger partial charge in [0.1, 0.15) is 5.01 Å². The van der Waals surface area contributed by atoms with Crippen molar-refractivity contribution in [2.24, 2.45) is 5.41 Å². The van der Waals surface area contributed by atoms with Gasteiger partial charge in [-0.2, -0.15) is 0 Å². The first-order valence-corrected chi connectivity index (χ1v) is 7.43. The molecule has 0 aliphatic rings. The van der Waals surface area contributed by atoms with Gasteiger partial charge in [-0.3, -0.25) is 9.59 Å². The molecule has 0 aliphatic carbocycles. The van der Waals surface area contributed by atoms with Crippen molar-refractivity contribution in [2.75, 3.05) is 7.05 Å². The van der Waals surface area contributed by atoms with Gasteiger partial charge in [-0.1, -0.05) is 12.1 Å². The quantitative estimate of drug-likeness (QED) is 0.922. The molecule has 0 aliphatic heterocycles. The van der Waals surface area contributed by atoms with E-state index >= 15 is 0 Å². The summed E-state index contributed by atoms with van der Waals surface area (Å²) in [7, 11) is 1.67. The second kappa shape index (κ2) is 5.81. The molecule has 0 radical (unpaired) electrons. The lowest BCUT2D eigenvalue weighted by Crippen LogP contribution is -2.34. The smallest absolute Gasteiger partial charge is 0.309 e. The molecule has 1 aromatic heterocycles. The van der Waals surface area contributed by atoms with E-state index in [9.17, 15) is 9.59 Å². The lowest BCUT2D eigenvalue weighted by molar-refractivity contribution is -0.151. The van der Waals surface area contributed by atoms with Gasteiger partial charge in [0.25, 0.3) is 0 Å². The number of thiazole rings is 1. The third kappa shape index (κ3) is 3.58. The molecule has 21 heavy (non-hydrogen) atoms. The second-order valence-electron chi connectivity index (χ2n) is 5.69. The first-order chi connectivity index (χ1) is 9.79. The first kappa shape index (κ1) is 15.4. The third-order valence-electron chi connectivity index (χ3n) is 3.31. The van der Waals surface area contributed by atoms with Crippen LogP contribution in [0.1, 0.15) is 25.3 Å². The highest BCUT2D eigenvalue weighted by atomic mass is 32.1. The van der Waals surface area contributed by atoms with Crippen LogP contribution in [-0.2, 0) is 16.1 Å². The molecule has 1 N–H and O–H groups in total. The predicted octanol–water partition coefficient (Wildman–Crippen LogP) is 2.76. The summed E-state index contributed by atoms with van der Waals surface area (Å²) in [4.78, 5) is 29.2. The van der Waals surface area contributed by atoms with Crippen LogP contribution in [0.4, 0.5) is 0 Å². The van der Waals surface area contributed by atoms with Crippen LogP contribution in [0.15, 0.2) is 24.3 Å². The minimum absolute atomic E-state index is 0.0241. The Kier molecular flexibility index (Phi) is 4.27. The molecule has 0 saturated carbocycles. The molecule has 112 valence electrons. The molecule has 0 atom stereocenters. The SMILES string of the molecule is CN(Cc1nc2ccccc2s1)C(=O)CC(C)(C)C(=O)O. The number of carbonyl (C=O) groups is 2. The van der Waals surface area contributed by atoms with E-state index in [0.29, 0.717) is 6.54 Å². The third-order valence-corrected chi connectivity index (χ3v) is 4.33. The molecule has 2 aromatic rings. The number of hydrogen-bond acceptors (Lipinski definition) is 4. The van der Waals surface area contributed by atoms with Crippen molar-refractivity contribution < 1.29 is 14.7 Å². The van der Waals surface area contributed by atoms with Crippen LogP contribution in [-0.4, -0.2) is 33.9 Å². The highest BCUT2D eigenvalue weighted by Crippen LogP contribution is 2.24. The highest BCUT2D eigenvalue weighted by Gasteiger charge is 2.31. The van der Waals surface area contributed by atoms with Crippen molar-refractivity contribution in [1.29, 1.82) is 0 Å². The topological polar surface area (TPSA) is 70.5 Å². The molecular weight excluding hydrogens is 288 g/mol. The van der Waals surface area contributed by atoms with Crippen LogP contribution in [0.25, 0.3) is 10.2 Å². The van der Waals surface area contributed by atoms with E-state index < -0.39 is 11.4 Å². The van der Waals surface area contributed by atoms with Gasteiger partial charge in [-0.05, 0) is 26.0 Å². The number of carboxylic acids is 1. The Morgan fingerprint density at radius 2 is 2.00 bits per heavy atom. The fraction of sp³-hybridized carbons (Fsp3) is 0.400. The number of amides is 1. The van der Waals surface area contributed by atoms with Gasteiger partial charge in [-0.15, -0.1) is 11.3 Å². The molecule has 0 unspecified atom stereocenters. The molecular formula is C15H18N2O3S. The zero-order chi connectivity index (χ0) is 15.6. The summed E-state index contributed by atoms with van der Waals surface area (Å²) < 4.78 is 1.08. The molecule has 5 nitrogen and oxygen atoms in total. The van der Waals surface area contributed by atoms with Gasteiger partial charge in [0.2, 0.25) is 5.91 Å². The lowest BCUT2D eigenvalue weighted by Gasteiger charge is -2.22. The van der Waals surface area contributed by atoms with E-state index in [1.807, 2.05) is 24.3 Å². The second-order valence-corrected chi connectivity index (χ2v) is 6.81. The van der Waals surface area contributed by atoms with E-state index in [0.717, 1.165) is 15.2 Å². The molecule has 1 aromatic carbocycles. The molecule has 0 saturated heterocycles. The van der Waals surface area contributed by atoms with E-state index in [-0.39, 0.29) is 12.3 Å². The lowest BCUT2D eigenvalue weighted by atomic mass is 9.89. The average molecular weight is 306 g/mol. The van der Waals surface area contributed by atoms with Gasteiger partial charge in [0.05, 0.1) is 22.2 Å². The van der Waals surface area contributed by atoms with Gasteiger partial charge in [0, 0.05) is 13.5 Å². The zero-order valence-corrected chi connectivity index (χ0v) is 13.1. The van der Waals surface area contributed by atoms with Gasteiger partial charge in [-0.25, -0.2) is 4.98 Å². The van der Waals surface area contributed by atoms with Crippen LogP contribution >= 0.6 is 11.3 Å². The standard InChI is InChI=1S/C15H18N2O3S/c1-15(2,14(19)20)8-13(18)17(3)9-12-16-10-6-4-5-7-11(10)21-12/h4-7H,8-9H2,1-3H3,(H,19,20). The monoisotopic (exact) mass is 306 g/mol. The summed E-state index contributed by atoms with van der Waals surface area (Å²) in [6.07, 6.45) is -0.0241. The fourth-order valence-electron chi connectivity index (χ4n) is 1.87. The maximum atomic E-state index is 12.1. The summed E-state index contributed by atoms with van der Waals surface area (Å²) in [5.74, 6) is -1.16. The number of rotatable bonds is 5. The van der Waals surface area contributed by atoms with Gasteiger partial charge in [0.15, 0.2) is 0 Å². The Hall–Kier alpha value is -1.95. The summed E-state index contributed by atoms with van der Waals surface area (Å²) in [6, 6.07) is 7.81. The van der Waals surface area contributed by atoms with E-state index in [2.05, 4.69) is 4.98 Å². The summed E-state index contributed by atoms with van der Waals surface area (Å²) in [5, 5.41) is 9.92. The summed E-state index contributed by atoms with van der Waals surface area (Å²) >= 11 is 1.55. The molecule has 0 spiro atoms. The van der Waals surface area contributed by atoms with Crippen molar-refractivity contribution in [2.45, 2.75) is 26.8 Å². The Morgan fingerprint density at radius 3 is 2.62 bits per heavy atom. The van der Waals surface area contributed by atoms with Crippen LogP contribution < -0.4 is 0 Å². The number of benzene rings is 1. The summed E-state index contributed by atoms with van der Waals surface area (Å²) in [5.41, 5.74) is -0.136. The van der Waals surface area contributed by atoms with Crippen molar-refractivity contribution in [3.8, 4) is 0 Å². The first-order valence-electron chi connectivity index (χ1n) is 6.61. The number of hydrogen-bond donors (Lipinski definition) is 1. The van der Waals surface area contributed by atoms with E-state index in [1.165, 1.54) is 4.90 Å². The highest BCUT2D eigenvalue weighted by molar-refractivity contribution is 7.18. The Labute approximate surface area is 127 Å². The number of aromatic nitrogens is 1. The van der Waals surface area contributed by atoms with Crippen molar-refractivity contribution in [3.63, 3.8) is 0 Å². The molecule has 1 amide bonds. The van der Waals surface area contributed by atoms with Gasteiger partial charge < -0.3 is 10.0 Å². The normalized spacial score (nSPS) is 11.6. The number of para-hydroxylation sites is 1. The van der Waals surface area contributed by atoms with Crippen molar-refractivity contribution in [1.82, 2.24) is 9.88 Å². The van der Waals surface area contributed by atoms with Crippen LogP contribution in [0.2, 0.25) is 0 Å². The van der Waals surface area contributed by atoms with Crippen LogP contribution in [0.5, 0.6) is 0 Å².